The smallest absolute Gasteiger partial charge is 0.322 e. The fourth-order valence-corrected chi connectivity index (χ4v) is 4.23. The van der Waals surface area contributed by atoms with Gasteiger partial charge in [-0.3, -0.25) is 14.7 Å². The van der Waals surface area contributed by atoms with Crippen LogP contribution in [0.25, 0.3) is 11.3 Å². The molecule has 0 bridgehead atoms. The highest BCUT2D eigenvalue weighted by Gasteiger charge is 2.15. The molecule has 1 aliphatic heterocycles. The number of amides is 1. The van der Waals surface area contributed by atoms with Crippen molar-refractivity contribution in [2.45, 2.75) is 13.5 Å². The molecule has 0 spiro atoms. The summed E-state index contributed by atoms with van der Waals surface area (Å²) in [6, 6.07) is 19.2. The Labute approximate surface area is 218 Å². The van der Waals surface area contributed by atoms with E-state index in [4.69, 9.17) is 4.74 Å². The number of carbonyl (C=O) groups excluding carboxylic acids is 1. The Balaban J connectivity index is 0.00000336. The van der Waals surface area contributed by atoms with Gasteiger partial charge in [0.05, 0.1) is 5.69 Å². The molecule has 1 fully saturated rings. The maximum absolute atomic E-state index is 13.1. The van der Waals surface area contributed by atoms with Crippen molar-refractivity contribution in [1.82, 2.24) is 24.8 Å². The zero-order chi connectivity index (χ0) is 25.6. The van der Waals surface area contributed by atoms with E-state index >= 15 is 0 Å². The molecule has 0 radical (unpaired) electrons. The molecule has 2 aromatic carbocycles. The predicted molar refractivity (Wildman–Crippen MR) is 146 cm³/mol. The largest absolute Gasteiger partial charge is 0.424 e. The number of aryl methyl sites for hydroxylation is 1. The van der Waals surface area contributed by atoms with Crippen molar-refractivity contribution in [3.63, 3.8) is 0 Å². The summed E-state index contributed by atoms with van der Waals surface area (Å²) < 4.78 is 6.01. The third-order valence-electron chi connectivity index (χ3n) is 6.43. The van der Waals surface area contributed by atoms with Gasteiger partial charge >= 0.3 is 6.01 Å². The molecular formula is C29H32N6O2. The van der Waals surface area contributed by atoms with E-state index in [1.807, 2.05) is 55.5 Å². The van der Waals surface area contributed by atoms with E-state index < -0.39 is 0 Å². The van der Waals surface area contributed by atoms with E-state index in [2.05, 4.69) is 43.2 Å². The van der Waals surface area contributed by atoms with Crippen LogP contribution in [0, 0.1) is 6.92 Å². The lowest BCUT2D eigenvalue weighted by molar-refractivity contribution is 0.102. The molecule has 2 aromatic heterocycles. The zero-order valence-electron chi connectivity index (χ0n) is 21.1. The summed E-state index contributed by atoms with van der Waals surface area (Å²) in [5.41, 5.74) is 4.90. The third kappa shape index (κ3) is 6.35. The summed E-state index contributed by atoms with van der Waals surface area (Å²) in [5, 5.41) is 3.00. The third-order valence-corrected chi connectivity index (χ3v) is 6.43. The molecule has 0 unspecified atom stereocenters. The maximum Gasteiger partial charge on any atom is 0.322 e. The van der Waals surface area contributed by atoms with Gasteiger partial charge in [-0.25, -0.2) is 4.98 Å². The summed E-state index contributed by atoms with van der Waals surface area (Å²) in [4.78, 5) is 30.7. The molecule has 1 saturated heterocycles. The van der Waals surface area contributed by atoms with E-state index in [1.165, 1.54) is 0 Å². The maximum atomic E-state index is 13.1. The van der Waals surface area contributed by atoms with Crippen molar-refractivity contribution in [3.8, 4) is 23.0 Å². The van der Waals surface area contributed by atoms with Crippen molar-refractivity contribution < 1.29 is 11.0 Å². The van der Waals surface area contributed by atoms with Gasteiger partial charge < -0.3 is 15.0 Å². The van der Waals surface area contributed by atoms with Crippen LogP contribution in [0.4, 0.5) is 5.69 Å². The molecule has 1 aliphatic rings. The molecule has 4 aromatic rings. The van der Waals surface area contributed by atoms with Gasteiger partial charge in [0.15, 0.2) is 0 Å². The van der Waals surface area contributed by atoms with E-state index in [0.29, 0.717) is 17.0 Å². The molecule has 0 aliphatic carbocycles. The summed E-state index contributed by atoms with van der Waals surface area (Å²) in [5.74, 6) is 0.412. The molecule has 1 N–H and O–H groups in total. The average molecular weight is 497 g/mol. The number of rotatable bonds is 7. The Hall–Kier alpha value is -4.14. The van der Waals surface area contributed by atoms with E-state index in [9.17, 15) is 4.79 Å². The highest BCUT2D eigenvalue weighted by Crippen LogP contribution is 2.28. The Bertz CT molecular complexity index is 1380. The Morgan fingerprint density at radius 2 is 1.89 bits per heavy atom. The molecular weight excluding hydrogens is 464 g/mol. The second kappa shape index (κ2) is 11.3. The van der Waals surface area contributed by atoms with Gasteiger partial charge in [0.1, 0.15) is 5.75 Å². The topological polar surface area (TPSA) is 83.5 Å². The summed E-state index contributed by atoms with van der Waals surface area (Å²) in [7, 11) is 2.15. The van der Waals surface area contributed by atoms with E-state index in [1.54, 1.807) is 24.7 Å². The van der Waals surface area contributed by atoms with Gasteiger partial charge in [-0.15, -0.1) is 0 Å². The van der Waals surface area contributed by atoms with Gasteiger partial charge in [-0.05, 0) is 61.5 Å². The minimum absolute atomic E-state index is 0. The summed E-state index contributed by atoms with van der Waals surface area (Å²) in [6.45, 7) is 6.98. The lowest BCUT2D eigenvalue weighted by Gasteiger charge is -2.32. The first-order chi connectivity index (χ1) is 18.0. The first-order valence-corrected chi connectivity index (χ1v) is 12.4. The number of ether oxygens (including phenoxy) is 1. The van der Waals surface area contributed by atoms with Crippen LogP contribution in [-0.2, 0) is 6.54 Å². The standard InChI is InChI=1S/C29H30N6O2.H2/c1-21-8-9-25(18-27(21)37-29-31-12-10-26(33-29)24-7-4-11-30-19-24)32-28(36)23-6-3-5-22(17-23)20-35-15-13-34(2)14-16-35;/h3-12,17-19H,13-16,20H2,1-2H3,(H,32,36);1H. The zero-order valence-corrected chi connectivity index (χ0v) is 21.1. The van der Waals surface area contributed by atoms with Crippen molar-refractivity contribution in [1.29, 1.82) is 0 Å². The number of piperazine rings is 1. The molecule has 5 rings (SSSR count). The van der Waals surface area contributed by atoms with Crippen molar-refractivity contribution in [2.24, 2.45) is 0 Å². The second-order valence-electron chi connectivity index (χ2n) is 9.28. The predicted octanol–water partition coefficient (Wildman–Crippen LogP) is 4.89. The van der Waals surface area contributed by atoms with Gasteiger partial charge in [0.25, 0.3) is 5.91 Å². The Kier molecular flexibility index (Phi) is 7.49. The SMILES string of the molecule is Cc1ccc(NC(=O)c2cccc(CN3CCN(C)CC3)c2)cc1Oc1nccc(-c2cccnc2)n1.[HH]. The van der Waals surface area contributed by atoms with Crippen LogP contribution in [0.1, 0.15) is 22.9 Å². The van der Waals surface area contributed by atoms with Crippen molar-refractivity contribution in [2.75, 3.05) is 38.5 Å². The van der Waals surface area contributed by atoms with Crippen molar-refractivity contribution >= 4 is 11.6 Å². The molecule has 8 heteroatoms. The number of hydrogen-bond acceptors (Lipinski definition) is 7. The van der Waals surface area contributed by atoms with Gasteiger partial charge in [0, 0.05) is 75.6 Å². The van der Waals surface area contributed by atoms with Crippen LogP contribution in [0.3, 0.4) is 0 Å². The molecule has 3 heterocycles. The summed E-state index contributed by atoms with van der Waals surface area (Å²) in [6.07, 6.45) is 5.11. The Morgan fingerprint density at radius 1 is 1.03 bits per heavy atom. The van der Waals surface area contributed by atoms with Crippen LogP contribution in [0.5, 0.6) is 11.8 Å². The second-order valence-corrected chi connectivity index (χ2v) is 9.28. The number of benzene rings is 2. The number of nitrogens with one attached hydrogen (secondary N) is 1. The fraction of sp³-hybridized carbons (Fsp3) is 0.241. The average Bonchev–Trinajstić information content (AvgIpc) is 2.93. The number of likely N-dealkylation sites (N-methyl/N-ethyl adjacent to an activating group) is 1. The quantitative estimate of drug-likeness (QED) is 0.390. The van der Waals surface area contributed by atoms with Crippen LogP contribution in [-0.4, -0.2) is 63.9 Å². The van der Waals surface area contributed by atoms with Crippen molar-refractivity contribution in [3.05, 3.63) is 95.9 Å². The first kappa shape index (κ1) is 24.5. The highest BCUT2D eigenvalue weighted by molar-refractivity contribution is 6.04. The minimum Gasteiger partial charge on any atom is -0.424 e. The normalized spacial score (nSPS) is 14.3. The van der Waals surface area contributed by atoms with Crippen LogP contribution in [0.2, 0.25) is 0 Å². The number of nitrogens with zero attached hydrogens (tertiary/aromatic N) is 5. The number of pyridine rings is 1. The number of carbonyl (C=O) groups is 1. The number of aromatic nitrogens is 3. The molecule has 0 atom stereocenters. The molecule has 1 amide bonds. The fourth-order valence-electron chi connectivity index (χ4n) is 4.23. The van der Waals surface area contributed by atoms with Crippen LogP contribution < -0.4 is 10.1 Å². The number of hydrogen-bond donors (Lipinski definition) is 1. The van der Waals surface area contributed by atoms with Gasteiger partial charge in [-0.2, -0.15) is 4.98 Å². The lowest BCUT2D eigenvalue weighted by Crippen LogP contribution is -2.43. The van der Waals surface area contributed by atoms with E-state index in [0.717, 1.165) is 55.1 Å². The van der Waals surface area contributed by atoms with Gasteiger partial charge in [-0.1, -0.05) is 18.2 Å². The highest BCUT2D eigenvalue weighted by atomic mass is 16.5. The number of anilines is 1. The van der Waals surface area contributed by atoms with Crippen LogP contribution in [0.15, 0.2) is 79.3 Å². The molecule has 190 valence electrons. The summed E-state index contributed by atoms with van der Waals surface area (Å²) >= 11 is 0. The first-order valence-electron chi connectivity index (χ1n) is 12.4. The molecule has 37 heavy (non-hydrogen) atoms. The van der Waals surface area contributed by atoms with E-state index in [-0.39, 0.29) is 13.3 Å². The molecule has 8 nitrogen and oxygen atoms in total. The monoisotopic (exact) mass is 496 g/mol. The van der Waals surface area contributed by atoms with Gasteiger partial charge in [0.2, 0.25) is 0 Å². The molecule has 0 saturated carbocycles. The Morgan fingerprint density at radius 3 is 2.70 bits per heavy atom. The lowest BCUT2D eigenvalue weighted by atomic mass is 10.1. The van der Waals surface area contributed by atoms with Crippen LogP contribution >= 0.6 is 0 Å². The minimum atomic E-state index is -0.162.